The highest BCUT2D eigenvalue weighted by atomic mass is 16.6. The third-order valence-electron chi connectivity index (χ3n) is 4.81. The van der Waals surface area contributed by atoms with Gasteiger partial charge in [0.2, 0.25) is 0 Å². The second-order valence-corrected chi connectivity index (χ2v) is 6.15. The first kappa shape index (κ1) is 14.7. The van der Waals surface area contributed by atoms with Crippen LogP contribution in [0.5, 0.6) is 11.5 Å². The van der Waals surface area contributed by atoms with Crippen LogP contribution < -0.4 is 4.74 Å². The van der Waals surface area contributed by atoms with Crippen LogP contribution in [-0.2, 0) is 10.3 Å². The van der Waals surface area contributed by atoms with Crippen LogP contribution in [0.15, 0.2) is 66.7 Å². The predicted octanol–water partition coefficient (Wildman–Crippen LogP) is 4.16. The molecule has 6 nitrogen and oxygen atoms in total. The van der Waals surface area contributed by atoms with Crippen molar-refractivity contribution in [3.8, 4) is 11.5 Å². The highest BCUT2D eigenvalue weighted by molar-refractivity contribution is 5.97. The highest BCUT2D eigenvalue weighted by Gasteiger charge is 2.53. The van der Waals surface area contributed by atoms with Gasteiger partial charge in [-0.1, -0.05) is 36.4 Å². The molecule has 0 bridgehead atoms. The number of hydrogen-bond acceptors (Lipinski definition) is 5. The summed E-state index contributed by atoms with van der Waals surface area (Å²) in [4.78, 5) is 23.2. The minimum absolute atomic E-state index is 0.147. The first-order valence-corrected chi connectivity index (χ1v) is 8.00. The molecule has 1 spiro atoms. The van der Waals surface area contributed by atoms with Crippen LogP contribution in [0.1, 0.15) is 27.0 Å². The van der Waals surface area contributed by atoms with Crippen LogP contribution in [0.3, 0.4) is 0 Å². The SMILES string of the molecule is O=C1OC2(c3ccccc3Oc3ccccc32)c2ccc([N+](=O)[O-])cc21. The number of nitrogens with zero attached hydrogens (tertiary/aromatic N) is 1. The average molecular weight is 345 g/mol. The van der Waals surface area contributed by atoms with Crippen LogP contribution in [0.4, 0.5) is 5.69 Å². The fourth-order valence-electron chi connectivity index (χ4n) is 3.73. The number of fused-ring (bicyclic) bond motifs is 6. The second kappa shape index (κ2) is 4.92. The molecule has 26 heavy (non-hydrogen) atoms. The maximum Gasteiger partial charge on any atom is 0.340 e. The summed E-state index contributed by atoms with van der Waals surface area (Å²) in [5.41, 5.74) is 0.847. The minimum Gasteiger partial charge on any atom is -0.456 e. The van der Waals surface area contributed by atoms with Crippen molar-refractivity contribution in [2.75, 3.05) is 0 Å². The Morgan fingerprint density at radius 2 is 1.46 bits per heavy atom. The maximum atomic E-state index is 12.6. The van der Waals surface area contributed by atoms with Crippen molar-refractivity contribution in [3.63, 3.8) is 0 Å². The lowest BCUT2D eigenvalue weighted by Gasteiger charge is -2.36. The third-order valence-corrected chi connectivity index (χ3v) is 4.81. The lowest BCUT2D eigenvalue weighted by Crippen LogP contribution is -2.32. The molecule has 0 fully saturated rings. The molecule has 0 aromatic heterocycles. The quantitative estimate of drug-likeness (QED) is 0.376. The van der Waals surface area contributed by atoms with Crippen molar-refractivity contribution < 1.29 is 19.2 Å². The van der Waals surface area contributed by atoms with Gasteiger partial charge in [0.15, 0.2) is 5.60 Å². The minimum atomic E-state index is -1.17. The molecule has 0 atom stereocenters. The molecule has 2 heterocycles. The fraction of sp³-hybridized carbons (Fsp3) is 0.0500. The van der Waals surface area contributed by atoms with E-state index in [1.165, 1.54) is 12.1 Å². The standard InChI is InChI=1S/C20H11NO5/c22-19-13-11-12(21(23)24)9-10-14(13)20(26-19)15-5-1-3-7-17(15)25-18-8-4-2-6-16(18)20/h1-11H. The van der Waals surface area contributed by atoms with Crippen LogP contribution in [0.2, 0.25) is 0 Å². The largest absolute Gasteiger partial charge is 0.456 e. The summed E-state index contributed by atoms with van der Waals surface area (Å²) in [6.07, 6.45) is 0. The lowest BCUT2D eigenvalue weighted by molar-refractivity contribution is -0.384. The van der Waals surface area contributed by atoms with Crippen LogP contribution in [0.25, 0.3) is 0 Å². The molecule has 0 aliphatic carbocycles. The zero-order valence-corrected chi connectivity index (χ0v) is 13.3. The number of nitro groups is 1. The van der Waals surface area contributed by atoms with E-state index < -0.39 is 16.5 Å². The summed E-state index contributed by atoms with van der Waals surface area (Å²) in [5, 5.41) is 11.1. The monoisotopic (exact) mass is 345 g/mol. The van der Waals surface area contributed by atoms with Gasteiger partial charge in [0.05, 0.1) is 10.5 Å². The van der Waals surface area contributed by atoms with Gasteiger partial charge in [-0.2, -0.15) is 0 Å². The summed E-state index contributed by atoms with van der Waals surface area (Å²) >= 11 is 0. The van der Waals surface area contributed by atoms with Crippen LogP contribution in [-0.4, -0.2) is 10.9 Å². The number of carbonyl (C=O) groups excluding carboxylic acids is 1. The van der Waals surface area contributed by atoms with Gasteiger partial charge in [0.25, 0.3) is 5.69 Å². The smallest absolute Gasteiger partial charge is 0.340 e. The Bertz CT molecular complexity index is 1060. The Hall–Kier alpha value is -3.67. The Morgan fingerprint density at radius 3 is 2.08 bits per heavy atom. The number of esters is 1. The fourth-order valence-corrected chi connectivity index (χ4v) is 3.73. The second-order valence-electron chi connectivity index (χ2n) is 6.15. The van der Waals surface area contributed by atoms with E-state index >= 15 is 0 Å². The molecule has 0 saturated carbocycles. The number of nitro benzene ring substituents is 1. The van der Waals surface area contributed by atoms with E-state index in [1.54, 1.807) is 6.07 Å². The van der Waals surface area contributed by atoms with Gasteiger partial charge in [0, 0.05) is 28.8 Å². The van der Waals surface area contributed by atoms with Gasteiger partial charge in [-0.25, -0.2) is 4.79 Å². The Labute approximate surface area is 147 Å². The maximum absolute atomic E-state index is 12.6. The Morgan fingerprint density at radius 1 is 0.846 bits per heavy atom. The number of rotatable bonds is 1. The van der Waals surface area contributed by atoms with E-state index in [-0.39, 0.29) is 11.3 Å². The Balaban J connectivity index is 1.87. The number of ether oxygens (including phenoxy) is 2. The molecular weight excluding hydrogens is 334 g/mol. The molecule has 0 saturated heterocycles. The Kier molecular flexibility index (Phi) is 2.77. The van der Waals surface area contributed by atoms with Crippen molar-refractivity contribution in [3.05, 3.63) is 99.1 Å². The van der Waals surface area contributed by atoms with E-state index in [0.29, 0.717) is 28.2 Å². The van der Waals surface area contributed by atoms with E-state index in [4.69, 9.17) is 9.47 Å². The number of non-ortho nitro benzene ring substituents is 1. The first-order valence-electron chi connectivity index (χ1n) is 8.00. The predicted molar refractivity (Wildman–Crippen MR) is 91.4 cm³/mol. The summed E-state index contributed by atoms with van der Waals surface area (Å²) in [6.45, 7) is 0. The van der Waals surface area contributed by atoms with Gasteiger partial charge < -0.3 is 9.47 Å². The highest BCUT2D eigenvalue weighted by Crippen LogP contribution is 2.56. The molecule has 0 radical (unpaired) electrons. The van der Waals surface area contributed by atoms with Gasteiger partial charge >= 0.3 is 5.97 Å². The van der Waals surface area contributed by atoms with Crippen LogP contribution in [0, 0.1) is 10.1 Å². The number of carbonyl (C=O) groups is 1. The van der Waals surface area contributed by atoms with Crippen molar-refractivity contribution >= 4 is 11.7 Å². The van der Waals surface area contributed by atoms with E-state index in [9.17, 15) is 14.9 Å². The molecule has 6 heteroatoms. The molecule has 0 amide bonds. The van der Waals surface area contributed by atoms with Crippen molar-refractivity contribution in [1.82, 2.24) is 0 Å². The molecule has 0 unspecified atom stereocenters. The zero-order valence-electron chi connectivity index (χ0n) is 13.3. The van der Waals surface area contributed by atoms with E-state index in [1.807, 2.05) is 48.5 Å². The molecule has 126 valence electrons. The van der Waals surface area contributed by atoms with Gasteiger partial charge in [-0.3, -0.25) is 10.1 Å². The summed E-state index contributed by atoms with van der Waals surface area (Å²) in [6, 6.07) is 18.9. The van der Waals surface area contributed by atoms with Crippen molar-refractivity contribution in [2.24, 2.45) is 0 Å². The normalized spacial score (nSPS) is 15.5. The average Bonchev–Trinajstić information content (AvgIpc) is 2.95. The molecule has 2 aliphatic rings. The van der Waals surface area contributed by atoms with Crippen molar-refractivity contribution in [2.45, 2.75) is 5.60 Å². The van der Waals surface area contributed by atoms with Gasteiger partial charge in [0.1, 0.15) is 11.5 Å². The van der Waals surface area contributed by atoms with E-state index in [2.05, 4.69) is 0 Å². The summed E-state index contributed by atoms with van der Waals surface area (Å²) in [5.74, 6) is 0.589. The molecule has 0 N–H and O–H groups in total. The molecule has 2 aliphatic heterocycles. The topological polar surface area (TPSA) is 78.7 Å². The number of hydrogen-bond donors (Lipinski definition) is 0. The zero-order chi connectivity index (χ0) is 17.9. The molecule has 5 rings (SSSR count). The van der Waals surface area contributed by atoms with Gasteiger partial charge in [-0.15, -0.1) is 0 Å². The van der Waals surface area contributed by atoms with Crippen LogP contribution >= 0.6 is 0 Å². The first-order chi connectivity index (χ1) is 12.6. The molecule has 3 aromatic carbocycles. The number of para-hydroxylation sites is 2. The van der Waals surface area contributed by atoms with E-state index in [0.717, 1.165) is 0 Å². The molecule has 3 aromatic rings. The van der Waals surface area contributed by atoms with Crippen molar-refractivity contribution in [1.29, 1.82) is 0 Å². The summed E-state index contributed by atoms with van der Waals surface area (Å²) < 4.78 is 11.9. The number of benzene rings is 3. The third kappa shape index (κ3) is 1.73. The summed E-state index contributed by atoms with van der Waals surface area (Å²) in [7, 11) is 0. The lowest BCUT2D eigenvalue weighted by atomic mass is 9.78. The molecular formula is C20H11NO5. The van der Waals surface area contributed by atoms with Gasteiger partial charge in [-0.05, 0) is 18.2 Å².